The zero-order valence-corrected chi connectivity index (χ0v) is 9.60. The molecule has 0 saturated carbocycles. The van der Waals surface area contributed by atoms with Gasteiger partial charge in [0.1, 0.15) is 11.9 Å². The van der Waals surface area contributed by atoms with Gasteiger partial charge in [-0.3, -0.25) is 0 Å². The van der Waals surface area contributed by atoms with E-state index in [1.165, 1.54) is 16.7 Å². The molecule has 0 amide bonds. The molecule has 2 heteroatoms. The Balaban J connectivity index is 1.96. The van der Waals surface area contributed by atoms with Crippen LogP contribution in [0.3, 0.4) is 0 Å². The summed E-state index contributed by atoms with van der Waals surface area (Å²) < 4.78 is 5.72. The van der Waals surface area contributed by atoms with Crippen LogP contribution in [0.2, 0.25) is 0 Å². The third kappa shape index (κ3) is 1.92. The number of benzene rings is 2. The first-order chi connectivity index (χ1) is 8.36. The van der Waals surface area contributed by atoms with Crippen LogP contribution in [-0.2, 0) is 6.42 Å². The molecule has 0 aliphatic carbocycles. The maximum absolute atomic E-state index is 5.72. The van der Waals surface area contributed by atoms with Gasteiger partial charge in [-0.25, -0.2) is 0 Å². The van der Waals surface area contributed by atoms with Crippen molar-refractivity contribution in [3.05, 3.63) is 54.1 Å². The molecule has 0 radical (unpaired) electrons. The van der Waals surface area contributed by atoms with Crippen LogP contribution in [0.15, 0.2) is 48.5 Å². The summed E-state index contributed by atoms with van der Waals surface area (Å²) in [6.07, 6.45) is 1.07. The Hall–Kier alpha value is -1.80. The van der Waals surface area contributed by atoms with Crippen molar-refractivity contribution in [2.45, 2.75) is 12.5 Å². The van der Waals surface area contributed by atoms with Gasteiger partial charge in [0.25, 0.3) is 0 Å². The highest BCUT2D eigenvalue weighted by Crippen LogP contribution is 2.32. The van der Waals surface area contributed by atoms with E-state index in [2.05, 4.69) is 36.4 Å². The van der Waals surface area contributed by atoms with E-state index in [0.29, 0.717) is 6.54 Å². The summed E-state index contributed by atoms with van der Waals surface area (Å²) in [6, 6.07) is 16.8. The maximum Gasteiger partial charge on any atom is 0.123 e. The minimum absolute atomic E-state index is 0.149. The zero-order chi connectivity index (χ0) is 11.7. The molecule has 2 nitrogen and oxygen atoms in total. The number of hydrogen-bond donors (Lipinski definition) is 1. The van der Waals surface area contributed by atoms with E-state index in [1.807, 2.05) is 12.1 Å². The van der Waals surface area contributed by atoms with Crippen LogP contribution in [-0.4, -0.2) is 12.6 Å². The van der Waals surface area contributed by atoms with Crippen LogP contribution >= 0.6 is 0 Å². The van der Waals surface area contributed by atoms with Crippen molar-refractivity contribution >= 4 is 0 Å². The van der Waals surface area contributed by atoms with E-state index < -0.39 is 0 Å². The molecule has 2 aromatic carbocycles. The van der Waals surface area contributed by atoms with Gasteiger partial charge in [0.2, 0.25) is 0 Å². The predicted molar refractivity (Wildman–Crippen MR) is 69.1 cm³/mol. The Labute approximate surface area is 101 Å². The van der Waals surface area contributed by atoms with Crippen LogP contribution in [0.25, 0.3) is 11.1 Å². The normalized spacial score (nSPS) is 17.6. The van der Waals surface area contributed by atoms with Crippen molar-refractivity contribution in [3.63, 3.8) is 0 Å². The van der Waals surface area contributed by atoms with Crippen molar-refractivity contribution < 1.29 is 4.74 Å². The van der Waals surface area contributed by atoms with Gasteiger partial charge in [0, 0.05) is 13.0 Å². The Morgan fingerprint density at radius 3 is 2.65 bits per heavy atom. The Morgan fingerprint density at radius 1 is 1.06 bits per heavy atom. The number of fused-ring (bicyclic) bond motifs is 1. The highest BCUT2D eigenvalue weighted by atomic mass is 16.5. The lowest BCUT2D eigenvalue weighted by Crippen LogP contribution is -2.24. The van der Waals surface area contributed by atoms with Crippen molar-refractivity contribution in [2.24, 2.45) is 5.73 Å². The smallest absolute Gasteiger partial charge is 0.123 e. The summed E-state index contributed by atoms with van der Waals surface area (Å²) in [6.45, 7) is 0.579. The van der Waals surface area contributed by atoms with Crippen LogP contribution in [0, 0.1) is 0 Å². The average Bonchev–Trinajstić information content (AvgIpc) is 2.81. The first-order valence-corrected chi connectivity index (χ1v) is 5.92. The van der Waals surface area contributed by atoms with E-state index in [-0.39, 0.29) is 6.10 Å². The van der Waals surface area contributed by atoms with E-state index >= 15 is 0 Å². The second-order valence-corrected chi connectivity index (χ2v) is 4.37. The third-order valence-corrected chi connectivity index (χ3v) is 3.17. The van der Waals surface area contributed by atoms with E-state index in [9.17, 15) is 0 Å². The summed E-state index contributed by atoms with van der Waals surface area (Å²) in [7, 11) is 0. The molecule has 1 atom stereocenters. The fourth-order valence-corrected chi connectivity index (χ4v) is 2.26. The second-order valence-electron chi connectivity index (χ2n) is 4.37. The number of hydrogen-bond acceptors (Lipinski definition) is 2. The zero-order valence-electron chi connectivity index (χ0n) is 9.60. The van der Waals surface area contributed by atoms with Crippen molar-refractivity contribution in [3.8, 4) is 16.9 Å². The average molecular weight is 225 g/mol. The molecule has 0 aromatic heterocycles. The SMILES string of the molecule is NC[C@H]1Cc2cc(-c3ccccc3)ccc2O1. The molecule has 2 aromatic rings. The first-order valence-electron chi connectivity index (χ1n) is 5.92. The maximum atomic E-state index is 5.72. The second kappa shape index (κ2) is 4.22. The highest BCUT2D eigenvalue weighted by Gasteiger charge is 2.21. The number of rotatable bonds is 2. The monoisotopic (exact) mass is 225 g/mol. The molecule has 0 unspecified atom stereocenters. The lowest BCUT2D eigenvalue weighted by molar-refractivity contribution is 0.241. The first kappa shape index (κ1) is 10.4. The van der Waals surface area contributed by atoms with Gasteiger partial charge >= 0.3 is 0 Å². The lowest BCUT2D eigenvalue weighted by Gasteiger charge is -2.06. The molecule has 17 heavy (non-hydrogen) atoms. The Kier molecular flexibility index (Phi) is 2.57. The minimum Gasteiger partial charge on any atom is -0.488 e. The fourth-order valence-electron chi connectivity index (χ4n) is 2.26. The molecule has 0 fully saturated rings. The molecule has 0 saturated heterocycles. The topological polar surface area (TPSA) is 35.2 Å². The molecule has 3 rings (SSSR count). The van der Waals surface area contributed by atoms with Gasteiger partial charge in [-0.2, -0.15) is 0 Å². The van der Waals surface area contributed by atoms with E-state index in [1.54, 1.807) is 0 Å². The molecular weight excluding hydrogens is 210 g/mol. The molecule has 1 aliphatic heterocycles. The van der Waals surface area contributed by atoms with Crippen LogP contribution in [0.4, 0.5) is 0 Å². The van der Waals surface area contributed by atoms with Crippen molar-refractivity contribution in [1.29, 1.82) is 0 Å². The predicted octanol–water partition coefficient (Wildman–Crippen LogP) is 2.62. The Morgan fingerprint density at radius 2 is 1.88 bits per heavy atom. The third-order valence-electron chi connectivity index (χ3n) is 3.17. The molecular formula is C15H15NO. The van der Waals surface area contributed by atoms with Crippen molar-refractivity contribution in [2.75, 3.05) is 6.54 Å². The van der Waals surface area contributed by atoms with Gasteiger partial charge in [-0.15, -0.1) is 0 Å². The Bertz CT molecular complexity index is 522. The van der Waals surface area contributed by atoms with Crippen LogP contribution in [0.1, 0.15) is 5.56 Å². The number of nitrogens with two attached hydrogens (primary N) is 1. The van der Waals surface area contributed by atoms with Gasteiger partial charge in [0.05, 0.1) is 0 Å². The largest absolute Gasteiger partial charge is 0.488 e. The molecule has 0 bridgehead atoms. The summed E-state index contributed by atoms with van der Waals surface area (Å²) in [5.41, 5.74) is 9.39. The molecule has 86 valence electrons. The van der Waals surface area contributed by atoms with Crippen molar-refractivity contribution in [1.82, 2.24) is 0 Å². The molecule has 1 aliphatic rings. The van der Waals surface area contributed by atoms with E-state index in [0.717, 1.165) is 12.2 Å². The quantitative estimate of drug-likeness (QED) is 0.852. The minimum atomic E-state index is 0.149. The van der Waals surface area contributed by atoms with Crippen LogP contribution < -0.4 is 10.5 Å². The molecule has 1 heterocycles. The summed E-state index contributed by atoms with van der Waals surface area (Å²) >= 11 is 0. The van der Waals surface area contributed by atoms with Gasteiger partial charge < -0.3 is 10.5 Å². The van der Waals surface area contributed by atoms with E-state index in [4.69, 9.17) is 10.5 Å². The number of ether oxygens (including phenoxy) is 1. The summed E-state index contributed by atoms with van der Waals surface area (Å²) in [5.74, 6) is 0.986. The van der Waals surface area contributed by atoms with Gasteiger partial charge in [-0.05, 0) is 28.8 Å². The van der Waals surface area contributed by atoms with Gasteiger partial charge in [0.15, 0.2) is 0 Å². The van der Waals surface area contributed by atoms with Gasteiger partial charge in [-0.1, -0.05) is 36.4 Å². The fraction of sp³-hybridized carbons (Fsp3) is 0.200. The summed E-state index contributed by atoms with van der Waals surface area (Å²) in [4.78, 5) is 0. The lowest BCUT2D eigenvalue weighted by atomic mass is 10.0. The standard InChI is InChI=1S/C15H15NO/c16-10-14-9-13-8-12(6-7-15(13)17-14)11-4-2-1-3-5-11/h1-8,14H,9-10,16H2/t14-/m1/s1. The van der Waals surface area contributed by atoms with Crippen LogP contribution in [0.5, 0.6) is 5.75 Å². The molecule has 2 N–H and O–H groups in total. The molecule has 0 spiro atoms. The summed E-state index contributed by atoms with van der Waals surface area (Å²) in [5, 5.41) is 0. The highest BCUT2D eigenvalue weighted by molar-refractivity contribution is 5.66.